The summed E-state index contributed by atoms with van der Waals surface area (Å²) in [5.74, 6) is 0.107. The fourth-order valence-electron chi connectivity index (χ4n) is 1.06. The molecule has 0 amide bonds. The van der Waals surface area contributed by atoms with Crippen LogP contribution in [0.5, 0.6) is 0 Å². The van der Waals surface area contributed by atoms with Crippen molar-refractivity contribution in [2.45, 2.75) is 12.2 Å². The first-order chi connectivity index (χ1) is 6.70. The lowest BCUT2D eigenvalue weighted by Crippen LogP contribution is -2.22. The number of aromatic nitrogens is 1. The average molecular weight is 213 g/mol. The van der Waals surface area contributed by atoms with Gasteiger partial charge >= 0.3 is 0 Å². The highest BCUT2D eigenvalue weighted by Crippen LogP contribution is 2.17. The Morgan fingerprint density at radius 2 is 2.29 bits per heavy atom. The molecule has 0 aliphatic rings. The molecule has 4 nitrogen and oxygen atoms in total. The Balaban J connectivity index is 2.99. The molecule has 0 saturated carbocycles. The van der Waals surface area contributed by atoms with E-state index in [-0.39, 0.29) is 17.0 Å². The van der Waals surface area contributed by atoms with Crippen LogP contribution in [0, 0.1) is 0 Å². The molecule has 1 heterocycles. The molecule has 76 valence electrons. The summed E-state index contributed by atoms with van der Waals surface area (Å²) in [7, 11) is 0. The zero-order chi connectivity index (χ0) is 10.6. The van der Waals surface area contributed by atoms with Gasteiger partial charge in [0.15, 0.2) is 6.29 Å². The predicted octanol–water partition coefficient (Wildman–Crippen LogP) is 0.218. The van der Waals surface area contributed by atoms with Crippen LogP contribution < -0.4 is 0 Å². The third kappa shape index (κ3) is 2.31. The number of aliphatic hydroxyl groups is 2. The summed E-state index contributed by atoms with van der Waals surface area (Å²) in [6, 6.07) is 3.12. The van der Waals surface area contributed by atoms with Crippen molar-refractivity contribution in [2.75, 3.05) is 5.75 Å². The number of nitrogens with zero attached hydrogens (tertiary/aromatic N) is 1. The van der Waals surface area contributed by atoms with Crippen molar-refractivity contribution < 1.29 is 15.0 Å². The highest BCUT2D eigenvalue weighted by atomic mass is 32.1. The van der Waals surface area contributed by atoms with Gasteiger partial charge in [-0.2, -0.15) is 12.6 Å². The van der Waals surface area contributed by atoms with E-state index in [2.05, 4.69) is 17.6 Å². The molecule has 2 N–H and O–H groups in total. The summed E-state index contributed by atoms with van der Waals surface area (Å²) >= 11 is 3.84. The number of hydrogen-bond acceptors (Lipinski definition) is 5. The van der Waals surface area contributed by atoms with Crippen LogP contribution >= 0.6 is 12.6 Å². The van der Waals surface area contributed by atoms with Gasteiger partial charge in [-0.15, -0.1) is 0 Å². The van der Waals surface area contributed by atoms with Crippen LogP contribution in [0.2, 0.25) is 0 Å². The van der Waals surface area contributed by atoms with Gasteiger partial charge < -0.3 is 10.2 Å². The van der Waals surface area contributed by atoms with Gasteiger partial charge in [-0.1, -0.05) is 0 Å². The highest BCUT2D eigenvalue weighted by molar-refractivity contribution is 7.80. The van der Waals surface area contributed by atoms with E-state index in [4.69, 9.17) is 0 Å². The zero-order valence-electron chi connectivity index (χ0n) is 7.37. The molecule has 0 aliphatic carbocycles. The molecular weight excluding hydrogens is 202 g/mol. The molecule has 0 aliphatic heterocycles. The van der Waals surface area contributed by atoms with E-state index in [0.717, 1.165) is 0 Å². The standard InChI is InChI=1S/C9H11NO3S/c11-4-6-2-1-3-10-8(6)9(13)7(12)5-14/h1-4,7,9,12-14H,5H2. The number of thiol groups is 1. The van der Waals surface area contributed by atoms with Crippen LogP contribution in [0.15, 0.2) is 18.3 Å². The van der Waals surface area contributed by atoms with Gasteiger partial charge in [0.05, 0.1) is 11.8 Å². The molecule has 2 unspecified atom stereocenters. The Bertz CT molecular complexity index is 319. The predicted molar refractivity (Wildman–Crippen MR) is 54.4 cm³/mol. The van der Waals surface area contributed by atoms with Gasteiger partial charge in [-0.25, -0.2) is 0 Å². The average Bonchev–Trinajstić information content (AvgIpc) is 2.26. The molecule has 1 rings (SSSR count). The van der Waals surface area contributed by atoms with E-state index in [1.54, 1.807) is 6.07 Å². The van der Waals surface area contributed by atoms with E-state index in [1.807, 2.05) is 0 Å². The fourth-order valence-corrected chi connectivity index (χ4v) is 1.26. The lowest BCUT2D eigenvalue weighted by Gasteiger charge is -2.16. The Morgan fingerprint density at radius 1 is 1.57 bits per heavy atom. The maximum Gasteiger partial charge on any atom is 0.151 e. The van der Waals surface area contributed by atoms with Crippen molar-refractivity contribution in [1.82, 2.24) is 4.98 Å². The molecule has 0 saturated heterocycles. The number of carbonyl (C=O) groups is 1. The minimum absolute atomic E-state index is 0.107. The number of rotatable bonds is 4. The largest absolute Gasteiger partial charge is 0.389 e. The maximum absolute atomic E-state index is 10.6. The molecule has 14 heavy (non-hydrogen) atoms. The second kappa shape index (κ2) is 5.09. The monoisotopic (exact) mass is 213 g/mol. The second-order valence-electron chi connectivity index (χ2n) is 2.79. The molecular formula is C9H11NO3S. The SMILES string of the molecule is O=Cc1cccnc1C(O)C(O)CS. The third-order valence-corrected chi connectivity index (χ3v) is 2.20. The third-order valence-electron chi connectivity index (χ3n) is 1.83. The normalized spacial score (nSPS) is 14.8. The minimum atomic E-state index is -1.17. The van der Waals surface area contributed by atoms with Crippen LogP contribution in [0.4, 0.5) is 0 Å². The van der Waals surface area contributed by atoms with E-state index in [1.165, 1.54) is 12.3 Å². The quantitative estimate of drug-likeness (QED) is 0.494. The summed E-state index contributed by atoms with van der Waals surface area (Å²) in [4.78, 5) is 14.4. The van der Waals surface area contributed by atoms with Crippen molar-refractivity contribution in [3.63, 3.8) is 0 Å². The first-order valence-corrected chi connectivity index (χ1v) is 4.71. The maximum atomic E-state index is 10.6. The first-order valence-electron chi connectivity index (χ1n) is 4.07. The lowest BCUT2D eigenvalue weighted by atomic mass is 10.1. The van der Waals surface area contributed by atoms with Crippen LogP contribution in [0.3, 0.4) is 0 Å². The highest BCUT2D eigenvalue weighted by Gasteiger charge is 2.20. The summed E-state index contributed by atoms with van der Waals surface area (Å²) in [5, 5.41) is 18.9. The number of hydrogen-bond donors (Lipinski definition) is 3. The van der Waals surface area contributed by atoms with E-state index in [0.29, 0.717) is 6.29 Å². The van der Waals surface area contributed by atoms with Gasteiger partial charge in [0.25, 0.3) is 0 Å². The van der Waals surface area contributed by atoms with Crippen LogP contribution in [-0.4, -0.2) is 33.3 Å². The number of pyridine rings is 1. The van der Waals surface area contributed by atoms with Gasteiger partial charge in [-0.3, -0.25) is 9.78 Å². The van der Waals surface area contributed by atoms with Gasteiger partial charge in [0, 0.05) is 17.5 Å². The summed E-state index contributed by atoms with van der Waals surface area (Å²) in [5.41, 5.74) is 0.463. The van der Waals surface area contributed by atoms with Crippen molar-refractivity contribution in [1.29, 1.82) is 0 Å². The molecule has 0 bridgehead atoms. The van der Waals surface area contributed by atoms with Crippen molar-refractivity contribution in [3.8, 4) is 0 Å². The molecule has 5 heteroatoms. The first kappa shape index (κ1) is 11.2. The Hall–Kier alpha value is -0.910. The summed E-state index contributed by atoms with van der Waals surface area (Å²) < 4.78 is 0. The van der Waals surface area contributed by atoms with Crippen molar-refractivity contribution in [3.05, 3.63) is 29.6 Å². The number of aldehydes is 1. The lowest BCUT2D eigenvalue weighted by molar-refractivity contribution is 0.0306. The minimum Gasteiger partial charge on any atom is -0.389 e. The number of aliphatic hydroxyl groups excluding tert-OH is 2. The smallest absolute Gasteiger partial charge is 0.151 e. The topological polar surface area (TPSA) is 70.4 Å². The van der Waals surface area contributed by atoms with E-state index >= 15 is 0 Å². The molecule has 1 aromatic rings. The van der Waals surface area contributed by atoms with Gasteiger partial charge in [-0.05, 0) is 12.1 Å². The van der Waals surface area contributed by atoms with E-state index in [9.17, 15) is 15.0 Å². The molecule has 0 aromatic carbocycles. The molecule has 1 aromatic heterocycles. The Labute approximate surface area is 87.0 Å². The van der Waals surface area contributed by atoms with Gasteiger partial charge in [0.2, 0.25) is 0 Å². The van der Waals surface area contributed by atoms with E-state index < -0.39 is 12.2 Å². The zero-order valence-corrected chi connectivity index (χ0v) is 8.26. The van der Waals surface area contributed by atoms with Crippen LogP contribution in [0.1, 0.15) is 22.2 Å². The molecule has 0 radical (unpaired) electrons. The van der Waals surface area contributed by atoms with Crippen LogP contribution in [-0.2, 0) is 0 Å². The van der Waals surface area contributed by atoms with Crippen molar-refractivity contribution >= 4 is 18.9 Å². The summed E-state index contributed by atoms with van der Waals surface area (Å²) in [6.07, 6.45) is -0.144. The molecule has 2 atom stereocenters. The second-order valence-corrected chi connectivity index (χ2v) is 3.16. The van der Waals surface area contributed by atoms with Crippen molar-refractivity contribution in [2.24, 2.45) is 0 Å². The molecule has 0 fully saturated rings. The number of carbonyl (C=O) groups excluding carboxylic acids is 1. The van der Waals surface area contributed by atoms with Gasteiger partial charge in [0.1, 0.15) is 6.10 Å². The fraction of sp³-hybridized carbons (Fsp3) is 0.333. The molecule has 0 spiro atoms. The Kier molecular flexibility index (Phi) is 4.06. The Morgan fingerprint density at radius 3 is 2.86 bits per heavy atom. The summed E-state index contributed by atoms with van der Waals surface area (Å²) in [6.45, 7) is 0. The van der Waals surface area contributed by atoms with Crippen LogP contribution in [0.25, 0.3) is 0 Å².